The largest absolute Gasteiger partial charge is 0.459 e. The third kappa shape index (κ3) is 6.41. The number of H-pyrrole nitrogens is 1. The molecule has 0 saturated carbocycles. The fourth-order valence-electron chi connectivity index (χ4n) is 5.36. The molecule has 0 aliphatic carbocycles. The van der Waals surface area contributed by atoms with Crippen molar-refractivity contribution in [1.82, 2.24) is 39.6 Å². The van der Waals surface area contributed by atoms with Crippen molar-refractivity contribution in [2.24, 2.45) is 7.05 Å². The molecular formula is C31H36FN11O2. The third-order valence-corrected chi connectivity index (χ3v) is 7.98. The Morgan fingerprint density at radius 3 is 2.84 bits per heavy atom. The second-order valence-corrected chi connectivity index (χ2v) is 11.2. The summed E-state index contributed by atoms with van der Waals surface area (Å²) in [4.78, 5) is 37.6. The van der Waals surface area contributed by atoms with Crippen molar-refractivity contribution in [3.05, 3.63) is 59.9 Å². The standard InChI is InChI=1S/C31H36FN11O2/c1-6-41(4)29-23(32)15-35-31(39-29)45-20-10-11-43(16-20)17-26(44)36-24-9-7-8-21-22(14-33-28(21)24)27-18(2)13-34-30(38-27)37-25-12-19(3)42(5)40-25/h7-9,12-15,20,33H,6,10-11,16-17H2,1-5H3,(H,36,44)(H,34,37,38,40)/t20-/m0/s1. The van der Waals surface area contributed by atoms with Crippen LogP contribution in [-0.4, -0.2) is 84.8 Å². The summed E-state index contributed by atoms with van der Waals surface area (Å²) in [5.74, 6) is 0.678. The van der Waals surface area contributed by atoms with E-state index in [0.717, 1.165) is 39.6 Å². The quantitative estimate of drug-likeness (QED) is 0.210. The molecule has 0 radical (unpaired) electrons. The van der Waals surface area contributed by atoms with Crippen molar-refractivity contribution < 1.29 is 13.9 Å². The van der Waals surface area contributed by atoms with E-state index in [4.69, 9.17) is 9.72 Å². The number of carbonyl (C=O) groups is 1. The minimum Gasteiger partial charge on any atom is -0.459 e. The molecule has 0 spiro atoms. The van der Waals surface area contributed by atoms with Crippen LogP contribution < -0.4 is 20.3 Å². The molecule has 1 saturated heterocycles. The van der Waals surface area contributed by atoms with Crippen LogP contribution in [0.3, 0.4) is 0 Å². The second-order valence-electron chi connectivity index (χ2n) is 11.2. The number of rotatable bonds is 10. The Morgan fingerprint density at radius 2 is 2.07 bits per heavy atom. The molecule has 14 heteroatoms. The number of para-hydroxylation sites is 1. The van der Waals surface area contributed by atoms with Gasteiger partial charge in [0, 0.05) is 68.8 Å². The van der Waals surface area contributed by atoms with E-state index in [1.807, 2.05) is 63.2 Å². The lowest BCUT2D eigenvalue weighted by atomic mass is 10.1. The van der Waals surface area contributed by atoms with E-state index in [1.54, 1.807) is 22.8 Å². The second kappa shape index (κ2) is 12.5. The van der Waals surface area contributed by atoms with E-state index in [2.05, 4.69) is 35.7 Å². The number of nitrogens with one attached hydrogen (secondary N) is 3. The summed E-state index contributed by atoms with van der Waals surface area (Å²) < 4.78 is 21.8. The average molecular weight is 614 g/mol. The molecule has 5 aromatic rings. The van der Waals surface area contributed by atoms with Gasteiger partial charge in [-0.05, 0) is 38.8 Å². The van der Waals surface area contributed by atoms with Gasteiger partial charge in [0.2, 0.25) is 11.9 Å². The number of aryl methyl sites for hydroxylation is 3. The molecule has 1 amide bonds. The Hall–Kier alpha value is -5.11. The Morgan fingerprint density at radius 1 is 1.22 bits per heavy atom. The highest BCUT2D eigenvalue weighted by molar-refractivity contribution is 6.06. The van der Waals surface area contributed by atoms with Gasteiger partial charge in [-0.15, -0.1) is 0 Å². The maximum atomic E-state index is 14.1. The minimum absolute atomic E-state index is 0.130. The van der Waals surface area contributed by atoms with Crippen LogP contribution >= 0.6 is 0 Å². The highest BCUT2D eigenvalue weighted by atomic mass is 19.1. The van der Waals surface area contributed by atoms with Crippen LogP contribution in [0.2, 0.25) is 0 Å². The lowest BCUT2D eigenvalue weighted by molar-refractivity contribution is -0.117. The normalized spacial score (nSPS) is 15.0. The molecule has 4 aromatic heterocycles. The molecule has 0 unspecified atom stereocenters. The maximum absolute atomic E-state index is 14.1. The Kier molecular flexibility index (Phi) is 8.30. The number of carbonyl (C=O) groups excluding carboxylic acids is 1. The first-order valence-corrected chi connectivity index (χ1v) is 14.8. The first-order valence-electron chi connectivity index (χ1n) is 14.8. The number of nitrogens with zero attached hydrogens (tertiary/aromatic N) is 8. The van der Waals surface area contributed by atoms with Crippen LogP contribution in [-0.2, 0) is 11.8 Å². The van der Waals surface area contributed by atoms with Crippen molar-refractivity contribution in [2.45, 2.75) is 33.3 Å². The van der Waals surface area contributed by atoms with E-state index in [0.29, 0.717) is 43.5 Å². The van der Waals surface area contributed by atoms with Crippen molar-refractivity contribution in [1.29, 1.82) is 0 Å². The third-order valence-electron chi connectivity index (χ3n) is 7.98. The number of fused-ring (bicyclic) bond motifs is 1. The summed E-state index contributed by atoms with van der Waals surface area (Å²) in [7, 11) is 3.64. The van der Waals surface area contributed by atoms with Crippen LogP contribution in [0, 0.1) is 19.7 Å². The number of amides is 1. The van der Waals surface area contributed by atoms with Gasteiger partial charge in [0.05, 0.1) is 29.6 Å². The van der Waals surface area contributed by atoms with Crippen molar-refractivity contribution in [3.8, 4) is 17.3 Å². The highest BCUT2D eigenvalue weighted by Crippen LogP contribution is 2.33. The number of halogens is 1. The van der Waals surface area contributed by atoms with Crippen LogP contribution in [0.4, 0.5) is 27.7 Å². The maximum Gasteiger partial charge on any atom is 0.318 e. The van der Waals surface area contributed by atoms with Gasteiger partial charge in [0.15, 0.2) is 17.5 Å². The fraction of sp³-hybridized carbons (Fsp3) is 0.355. The van der Waals surface area contributed by atoms with E-state index in [9.17, 15) is 9.18 Å². The zero-order valence-electron chi connectivity index (χ0n) is 25.9. The number of likely N-dealkylation sites (tertiary alicyclic amines) is 1. The van der Waals surface area contributed by atoms with Gasteiger partial charge in [-0.3, -0.25) is 14.4 Å². The minimum atomic E-state index is -0.495. The van der Waals surface area contributed by atoms with Gasteiger partial charge in [-0.1, -0.05) is 12.1 Å². The van der Waals surface area contributed by atoms with Crippen molar-refractivity contribution in [2.75, 3.05) is 48.8 Å². The predicted octanol–water partition coefficient (Wildman–Crippen LogP) is 4.20. The Labute approximate surface area is 259 Å². The van der Waals surface area contributed by atoms with Gasteiger partial charge in [-0.2, -0.15) is 10.1 Å². The SMILES string of the molecule is CCN(C)c1nc(O[C@H]2CCN(CC(=O)Nc3cccc4c(-c5nc(Nc6cc(C)n(C)n6)ncc5C)c[nH]c34)C2)ncc1F. The van der Waals surface area contributed by atoms with Crippen LogP contribution in [0.5, 0.6) is 6.01 Å². The first kappa shape index (κ1) is 29.9. The van der Waals surface area contributed by atoms with Gasteiger partial charge < -0.3 is 25.3 Å². The molecule has 1 aliphatic rings. The summed E-state index contributed by atoms with van der Waals surface area (Å²) in [5, 5.41) is 11.6. The van der Waals surface area contributed by atoms with Gasteiger partial charge in [-0.25, -0.2) is 19.3 Å². The van der Waals surface area contributed by atoms with Gasteiger partial charge in [0.25, 0.3) is 0 Å². The average Bonchev–Trinajstić information content (AvgIpc) is 3.73. The summed E-state index contributed by atoms with van der Waals surface area (Å²) in [6.07, 6.45) is 5.31. The number of aromatic amines is 1. The number of hydrogen-bond donors (Lipinski definition) is 3. The predicted molar refractivity (Wildman–Crippen MR) is 170 cm³/mol. The highest BCUT2D eigenvalue weighted by Gasteiger charge is 2.27. The van der Waals surface area contributed by atoms with E-state index >= 15 is 0 Å². The topological polar surface area (TPSA) is 142 Å². The molecule has 0 bridgehead atoms. The van der Waals surface area contributed by atoms with Crippen LogP contribution in [0.25, 0.3) is 22.2 Å². The molecule has 234 valence electrons. The van der Waals surface area contributed by atoms with Crippen LogP contribution in [0.15, 0.2) is 42.9 Å². The molecule has 3 N–H and O–H groups in total. The lowest BCUT2D eigenvalue weighted by Gasteiger charge is -2.18. The summed E-state index contributed by atoms with van der Waals surface area (Å²) in [6, 6.07) is 7.84. The Bertz CT molecular complexity index is 1830. The number of ether oxygens (including phenoxy) is 1. The van der Waals surface area contributed by atoms with E-state index < -0.39 is 5.82 Å². The summed E-state index contributed by atoms with van der Waals surface area (Å²) in [5.41, 5.74) is 5.09. The fourth-order valence-corrected chi connectivity index (χ4v) is 5.36. The molecule has 1 aliphatic heterocycles. The number of benzene rings is 1. The van der Waals surface area contributed by atoms with Gasteiger partial charge in [0.1, 0.15) is 6.10 Å². The molecule has 1 aromatic carbocycles. The van der Waals surface area contributed by atoms with Crippen molar-refractivity contribution >= 4 is 40.1 Å². The number of anilines is 4. The molecule has 1 atom stereocenters. The summed E-state index contributed by atoms with van der Waals surface area (Å²) in [6.45, 7) is 7.87. The molecule has 45 heavy (non-hydrogen) atoms. The van der Waals surface area contributed by atoms with Gasteiger partial charge >= 0.3 is 6.01 Å². The molecule has 6 rings (SSSR count). The number of aromatic nitrogens is 7. The monoisotopic (exact) mass is 613 g/mol. The summed E-state index contributed by atoms with van der Waals surface area (Å²) >= 11 is 0. The first-order chi connectivity index (χ1) is 21.7. The smallest absolute Gasteiger partial charge is 0.318 e. The number of hydrogen-bond acceptors (Lipinski definition) is 10. The molecular weight excluding hydrogens is 577 g/mol. The molecule has 1 fully saturated rings. The molecule has 13 nitrogen and oxygen atoms in total. The van der Waals surface area contributed by atoms with E-state index in [1.165, 1.54) is 0 Å². The lowest BCUT2D eigenvalue weighted by Crippen LogP contribution is -2.33. The van der Waals surface area contributed by atoms with E-state index in [-0.39, 0.29) is 30.4 Å². The zero-order valence-corrected chi connectivity index (χ0v) is 25.9. The molecule has 5 heterocycles. The zero-order chi connectivity index (χ0) is 31.7. The van der Waals surface area contributed by atoms with Crippen molar-refractivity contribution in [3.63, 3.8) is 0 Å². The van der Waals surface area contributed by atoms with Crippen LogP contribution in [0.1, 0.15) is 24.6 Å². The Balaban J connectivity index is 1.11.